The van der Waals surface area contributed by atoms with E-state index in [0.29, 0.717) is 29.1 Å². The molecule has 1 aromatic carbocycles. The molecule has 1 aliphatic rings. The van der Waals surface area contributed by atoms with Crippen LogP contribution >= 0.6 is 0 Å². The molecule has 0 aromatic heterocycles. The molecular formula is C12H14N2O3S. The Balaban J connectivity index is 2.58. The van der Waals surface area contributed by atoms with Crippen LogP contribution < -0.4 is 11.1 Å². The van der Waals surface area contributed by atoms with Gasteiger partial charge in [0.2, 0.25) is 5.91 Å². The van der Waals surface area contributed by atoms with Crippen LogP contribution in [0.4, 0.5) is 0 Å². The maximum atomic E-state index is 11.8. The zero-order valence-corrected chi connectivity index (χ0v) is 10.8. The van der Waals surface area contributed by atoms with Crippen molar-refractivity contribution in [3.05, 3.63) is 41.0 Å². The minimum Gasteiger partial charge on any atom is -0.366 e. The molecule has 0 saturated carbocycles. The van der Waals surface area contributed by atoms with Crippen LogP contribution in [0.1, 0.15) is 15.9 Å². The van der Waals surface area contributed by atoms with Crippen LogP contribution in [0.3, 0.4) is 0 Å². The fourth-order valence-electron chi connectivity index (χ4n) is 1.90. The van der Waals surface area contributed by atoms with Gasteiger partial charge in [0.1, 0.15) is 0 Å². The number of nitrogens with two attached hydrogens (primary N) is 1. The van der Waals surface area contributed by atoms with Crippen molar-refractivity contribution in [1.29, 1.82) is 0 Å². The average Bonchev–Trinajstić information content (AvgIpc) is 2.21. The van der Waals surface area contributed by atoms with Gasteiger partial charge >= 0.3 is 0 Å². The highest BCUT2D eigenvalue weighted by molar-refractivity contribution is 8.00. The van der Waals surface area contributed by atoms with Crippen molar-refractivity contribution in [2.24, 2.45) is 5.73 Å². The molecule has 0 atom stereocenters. The minimum atomic E-state index is -3.33. The molecule has 1 aliphatic heterocycles. The Labute approximate surface area is 106 Å². The minimum absolute atomic E-state index is 0.296. The highest BCUT2D eigenvalue weighted by Crippen LogP contribution is 2.26. The summed E-state index contributed by atoms with van der Waals surface area (Å²) in [6, 6.07) is 6.39. The molecule has 1 heterocycles. The number of hydrogen-bond acceptors (Lipinski definition) is 4. The van der Waals surface area contributed by atoms with Gasteiger partial charge in [0.25, 0.3) is 0 Å². The van der Waals surface area contributed by atoms with Gasteiger partial charge in [0.15, 0.2) is 9.84 Å². The number of rotatable bonds is 3. The van der Waals surface area contributed by atoms with E-state index in [1.807, 2.05) is 0 Å². The highest BCUT2D eigenvalue weighted by Gasteiger charge is 2.23. The molecule has 0 unspecified atom stereocenters. The van der Waals surface area contributed by atoms with Crippen LogP contribution in [0.25, 0.3) is 4.91 Å². The Morgan fingerprint density at radius 2 is 1.89 bits per heavy atom. The summed E-state index contributed by atoms with van der Waals surface area (Å²) in [5.74, 6) is -0.568. The lowest BCUT2D eigenvalue weighted by molar-refractivity contribution is 0.1000. The van der Waals surface area contributed by atoms with Gasteiger partial charge in [-0.25, -0.2) is 8.42 Å². The van der Waals surface area contributed by atoms with Gasteiger partial charge in [-0.2, -0.15) is 0 Å². The molecule has 1 fully saturated rings. The van der Waals surface area contributed by atoms with Crippen LogP contribution in [0.15, 0.2) is 29.8 Å². The molecule has 0 aliphatic carbocycles. The van der Waals surface area contributed by atoms with E-state index in [4.69, 9.17) is 5.73 Å². The Hall–Kier alpha value is -1.66. The van der Waals surface area contributed by atoms with E-state index in [2.05, 4.69) is 5.32 Å². The molecule has 0 radical (unpaired) electrons. The zero-order valence-electron chi connectivity index (χ0n) is 9.93. The number of sulfone groups is 1. The third-order valence-electron chi connectivity index (χ3n) is 2.78. The molecule has 96 valence electrons. The molecule has 2 rings (SSSR count). The van der Waals surface area contributed by atoms with E-state index in [0.717, 1.165) is 5.57 Å². The molecule has 6 heteroatoms. The van der Waals surface area contributed by atoms with E-state index in [-0.39, 0.29) is 0 Å². The first-order valence-corrected chi connectivity index (χ1v) is 7.32. The molecule has 1 aromatic rings. The van der Waals surface area contributed by atoms with Crippen LogP contribution in [-0.2, 0) is 9.84 Å². The molecular weight excluding hydrogens is 252 g/mol. The van der Waals surface area contributed by atoms with Gasteiger partial charge in [0.05, 0.1) is 4.91 Å². The summed E-state index contributed by atoms with van der Waals surface area (Å²) >= 11 is 0. The predicted octanol–water partition coefficient (Wildman–Crippen LogP) is 0.144. The van der Waals surface area contributed by atoms with Crippen LogP contribution in [0.2, 0.25) is 0 Å². The first kappa shape index (κ1) is 12.8. The first-order valence-electron chi connectivity index (χ1n) is 5.42. The molecule has 0 bridgehead atoms. The van der Waals surface area contributed by atoms with E-state index in [1.165, 1.54) is 12.3 Å². The third-order valence-corrected chi connectivity index (χ3v) is 4.04. The molecule has 18 heavy (non-hydrogen) atoms. The topological polar surface area (TPSA) is 89.3 Å². The van der Waals surface area contributed by atoms with Crippen LogP contribution in [0, 0.1) is 0 Å². The van der Waals surface area contributed by atoms with Gasteiger partial charge in [-0.1, -0.05) is 12.1 Å². The second kappa shape index (κ2) is 4.55. The second-order valence-corrected chi connectivity index (χ2v) is 6.21. The maximum Gasteiger partial charge on any atom is 0.248 e. The van der Waals surface area contributed by atoms with Crippen molar-refractivity contribution in [3.8, 4) is 0 Å². The number of benzene rings is 1. The van der Waals surface area contributed by atoms with E-state index >= 15 is 0 Å². The fourth-order valence-corrected chi connectivity index (χ4v) is 3.13. The van der Waals surface area contributed by atoms with Crippen molar-refractivity contribution in [3.63, 3.8) is 0 Å². The highest BCUT2D eigenvalue weighted by atomic mass is 32.2. The summed E-state index contributed by atoms with van der Waals surface area (Å²) in [6.45, 7) is 1.12. The smallest absolute Gasteiger partial charge is 0.248 e. The standard InChI is InChI=1S/C12H14N2O3S/c1-18(16,17)11(10-6-14-7-10)8-3-2-4-9(5-8)12(13)15/h2-5,14H,6-7H2,1H3,(H2,13,15). The van der Waals surface area contributed by atoms with Gasteiger partial charge in [0, 0.05) is 24.9 Å². The van der Waals surface area contributed by atoms with Gasteiger partial charge in [-0.3, -0.25) is 4.79 Å². The Bertz CT molecular complexity index is 626. The number of nitrogens with one attached hydrogen (secondary N) is 1. The summed E-state index contributed by atoms with van der Waals surface area (Å²) in [5.41, 5.74) is 6.86. The van der Waals surface area contributed by atoms with E-state index < -0.39 is 15.7 Å². The molecule has 1 amide bonds. The van der Waals surface area contributed by atoms with Crippen molar-refractivity contribution in [2.45, 2.75) is 0 Å². The second-order valence-electron chi connectivity index (χ2n) is 4.25. The largest absolute Gasteiger partial charge is 0.366 e. The van der Waals surface area contributed by atoms with Crippen LogP contribution in [-0.4, -0.2) is 33.7 Å². The number of carbonyl (C=O) groups excluding carboxylic acids is 1. The van der Waals surface area contributed by atoms with Crippen molar-refractivity contribution < 1.29 is 13.2 Å². The summed E-state index contributed by atoms with van der Waals surface area (Å²) in [5, 5.41) is 3.01. The average molecular weight is 266 g/mol. The normalized spacial score (nSPS) is 15.1. The Morgan fingerprint density at radius 3 is 2.33 bits per heavy atom. The Kier molecular flexibility index (Phi) is 3.23. The van der Waals surface area contributed by atoms with Crippen molar-refractivity contribution >= 4 is 20.6 Å². The van der Waals surface area contributed by atoms with E-state index in [9.17, 15) is 13.2 Å². The number of amides is 1. The number of hydrogen-bond donors (Lipinski definition) is 2. The SMILES string of the molecule is CS(=O)(=O)C(=C1CNC1)c1cccc(C(N)=O)c1. The Morgan fingerprint density at radius 1 is 1.28 bits per heavy atom. The number of carbonyl (C=O) groups is 1. The lowest BCUT2D eigenvalue weighted by Gasteiger charge is -2.23. The molecule has 5 nitrogen and oxygen atoms in total. The van der Waals surface area contributed by atoms with Crippen LogP contribution in [0.5, 0.6) is 0 Å². The summed E-state index contributed by atoms with van der Waals surface area (Å²) in [6.07, 6.45) is 1.17. The van der Waals surface area contributed by atoms with Gasteiger partial charge in [-0.15, -0.1) is 0 Å². The van der Waals surface area contributed by atoms with Gasteiger partial charge in [-0.05, 0) is 23.3 Å². The van der Waals surface area contributed by atoms with Crippen molar-refractivity contribution in [1.82, 2.24) is 5.32 Å². The predicted molar refractivity (Wildman–Crippen MR) is 69.6 cm³/mol. The molecule has 1 saturated heterocycles. The van der Waals surface area contributed by atoms with Crippen molar-refractivity contribution in [2.75, 3.05) is 19.3 Å². The molecule has 3 N–H and O–H groups in total. The lowest BCUT2D eigenvalue weighted by Crippen LogP contribution is -2.35. The monoisotopic (exact) mass is 266 g/mol. The van der Waals surface area contributed by atoms with E-state index in [1.54, 1.807) is 18.2 Å². The summed E-state index contributed by atoms with van der Waals surface area (Å²) in [4.78, 5) is 11.4. The summed E-state index contributed by atoms with van der Waals surface area (Å²) in [7, 11) is -3.33. The third kappa shape index (κ3) is 2.44. The quantitative estimate of drug-likeness (QED) is 0.814. The summed E-state index contributed by atoms with van der Waals surface area (Å²) < 4.78 is 23.7. The molecule has 0 spiro atoms. The lowest BCUT2D eigenvalue weighted by atomic mass is 10.0. The number of primary amides is 1. The maximum absolute atomic E-state index is 11.8. The fraction of sp³-hybridized carbons (Fsp3) is 0.250. The first-order chi connectivity index (χ1) is 8.39. The van der Waals surface area contributed by atoms with Gasteiger partial charge < -0.3 is 11.1 Å². The zero-order chi connectivity index (χ0) is 13.3.